The van der Waals surface area contributed by atoms with Crippen molar-refractivity contribution in [2.75, 3.05) is 33.7 Å². The average Bonchev–Trinajstić information content (AvgIpc) is 2.42. The Balaban J connectivity index is 2.91. The summed E-state index contributed by atoms with van der Waals surface area (Å²) in [6.45, 7) is 2.50. The summed E-state index contributed by atoms with van der Waals surface area (Å²) in [5, 5.41) is 8.99. The van der Waals surface area contributed by atoms with Crippen LogP contribution in [0.3, 0.4) is 0 Å². The fourth-order valence-electron chi connectivity index (χ4n) is 1.81. The largest absolute Gasteiger partial charge is 0.481 e. The predicted octanol–water partition coefficient (Wildman–Crippen LogP) is 1.55. The third-order valence-corrected chi connectivity index (χ3v) is 3.12. The zero-order valence-corrected chi connectivity index (χ0v) is 12.5. The summed E-state index contributed by atoms with van der Waals surface area (Å²) >= 11 is 0. The normalized spacial score (nSPS) is 12.2. The average molecular weight is 296 g/mol. The number of carboxylic acid groups (broad SMARTS) is 1. The lowest BCUT2D eigenvalue weighted by molar-refractivity contribution is -0.141. The van der Waals surface area contributed by atoms with E-state index in [0.717, 1.165) is 0 Å². The predicted molar refractivity (Wildman–Crippen MR) is 77.7 cm³/mol. The van der Waals surface area contributed by atoms with Gasteiger partial charge in [0, 0.05) is 19.6 Å². The van der Waals surface area contributed by atoms with E-state index in [1.165, 1.54) is 30.0 Å². The molecule has 5 nitrogen and oxygen atoms in total. The Hall–Kier alpha value is -1.95. The second-order valence-corrected chi connectivity index (χ2v) is 5.27. The molecule has 1 N–H and O–H groups in total. The summed E-state index contributed by atoms with van der Waals surface area (Å²) in [4.78, 5) is 26.7. The molecular formula is C15H21FN2O3. The van der Waals surface area contributed by atoms with E-state index in [1.54, 1.807) is 6.07 Å². The van der Waals surface area contributed by atoms with Crippen molar-refractivity contribution in [2.45, 2.75) is 6.92 Å². The lowest BCUT2D eigenvalue weighted by Gasteiger charge is -2.26. The third kappa shape index (κ3) is 5.15. The number of amides is 1. The number of hydrogen-bond donors (Lipinski definition) is 1. The van der Waals surface area contributed by atoms with E-state index in [4.69, 9.17) is 5.11 Å². The minimum absolute atomic E-state index is 0.0335. The Morgan fingerprint density at radius 3 is 2.38 bits per heavy atom. The minimum Gasteiger partial charge on any atom is -0.481 e. The molecule has 1 atom stereocenters. The Morgan fingerprint density at radius 1 is 1.24 bits per heavy atom. The highest BCUT2D eigenvalue weighted by atomic mass is 19.1. The minimum atomic E-state index is -0.980. The monoisotopic (exact) mass is 296 g/mol. The topological polar surface area (TPSA) is 60.9 Å². The fraction of sp³-hybridized carbons (Fsp3) is 0.467. The summed E-state index contributed by atoms with van der Waals surface area (Å²) in [7, 11) is 3.71. The van der Waals surface area contributed by atoms with Crippen molar-refractivity contribution in [3.63, 3.8) is 0 Å². The van der Waals surface area contributed by atoms with Crippen molar-refractivity contribution in [2.24, 2.45) is 5.92 Å². The van der Waals surface area contributed by atoms with Gasteiger partial charge in [0.1, 0.15) is 5.82 Å². The molecule has 0 aliphatic rings. The first kappa shape index (κ1) is 17.1. The summed E-state index contributed by atoms with van der Waals surface area (Å²) in [5.74, 6) is -2.77. The van der Waals surface area contributed by atoms with Gasteiger partial charge in [0.2, 0.25) is 0 Å². The molecule has 21 heavy (non-hydrogen) atoms. The number of carbonyl (C=O) groups excluding carboxylic acids is 1. The van der Waals surface area contributed by atoms with Crippen LogP contribution in [0.4, 0.5) is 4.39 Å². The highest BCUT2D eigenvalue weighted by molar-refractivity contribution is 5.94. The molecule has 1 aromatic rings. The number of carbonyl (C=O) groups is 2. The van der Waals surface area contributed by atoms with Gasteiger partial charge in [-0.3, -0.25) is 9.59 Å². The second kappa shape index (κ2) is 7.73. The number of halogens is 1. The van der Waals surface area contributed by atoms with E-state index >= 15 is 0 Å². The molecule has 0 spiro atoms. The van der Waals surface area contributed by atoms with Crippen LogP contribution in [0.1, 0.15) is 17.3 Å². The summed E-state index contributed by atoms with van der Waals surface area (Å²) in [6, 6.07) is 5.72. The van der Waals surface area contributed by atoms with Gasteiger partial charge in [-0.15, -0.1) is 0 Å². The van der Waals surface area contributed by atoms with Crippen LogP contribution >= 0.6 is 0 Å². The number of carboxylic acids is 1. The molecule has 1 aromatic carbocycles. The third-order valence-electron chi connectivity index (χ3n) is 3.12. The van der Waals surface area contributed by atoms with Crippen molar-refractivity contribution in [3.05, 3.63) is 35.6 Å². The van der Waals surface area contributed by atoms with Crippen LogP contribution < -0.4 is 0 Å². The maximum atomic E-state index is 13.7. The van der Waals surface area contributed by atoms with E-state index in [0.29, 0.717) is 13.1 Å². The van der Waals surface area contributed by atoms with Crippen molar-refractivity contribution < 1.29 is 19.1 Å². The van der Waals surface area contributed by atoms with Gasteiger partial charge in [-0.1, -0.05) is 19.1 Å². The maximum absolute atomic E-state index is 13.7. The number of nitrogens with zero attached hydrogens (tertiary/aromatic N) is 2. The van der Waals surface area contributed by atoms with Crippen LogP contribution in [0.25, 0.3) is 0 Å². The Labute approximate surface area is 124 Å². The number of rotatable bonds is 7. The molecule has 116 valence electrons. The molecule has 0 aliphatic carbocycles. The van der Waals surface area contributed by atoms with Crippen LogP contribution in [0.2, 0.25) is 0 Å². The molecular weight excluding hydrogens is 275 g/mol. The van der Waals surface area contributed by atoms with Gasteiger partial charge in [0.05, 0.1) is 11.5 Å². The Morgan fingerprint density at radius 2 is 1.86 bits per heavy atom. The molecule has 0 saturated carbocycles. The number of hydrogen-bond acceptors (Lipinski definition) is 3. The van der Waals surface area contributed by atoms with Crippen molar-refractivity contribution in [1.82, 2.24) is 9.80 Å². The van der Waals surface area contributed by atoms with Gasteiger partial charge in [0.25, 0.3) is 5.91 Å². The highest BCUT2D eigenvalue weighted by Crippen LogP contribution is 2.12. The lowest BCUT2D eigenvalue weighted by Crippen LogP contribution is -2.41. The highest BCUT2D eigenvalue weighted by Gasteiger charge is 2.23. The lowest BCUT2D eigenvalue weighted by atomic mass is 10.1. The molecule has 0 heterocycles. The summed E-state index contributed by atoms with van der Waals surface area (Å²) in [6.07, 6.45) is 0. The van der Waals surface area contributed by atoms with E-state index in [1.807, 2.05) is 19.0 Å². The Kier molecular flexibility index (Phi) is 6.30. The molecule has 0 aliphatic heterocycles. The SMILES string of the molecule is CC(CN(CCN(C)C)C(=O)c1ccccc1F)C(=O)O. The van der Waals surface area contributed by atoms with Crippen LogP contribution in [0.15, 0.2) is 24.3 Å². The van der Waals surface area contributed by atoms with Crippen LogP contribution in [0, 0.1) is 11.7 Å². The first-order valence-electron chi connectivity index (χ1n) is 6.74. The summed E-state index contributed by atoms with van der Waals surface area (Å²) in [5.41, 5.74) is -0.0335. The molecule has 1 amide bonds. The van der Waals surface area contributed by atoms with Gasteiger partial charge in [-0.05, 0) is 26.2 Å². The molecule has 0 fully saturated rings. The first-order chi connectivity index (χ1) is 9.82. The van der Waals surface area contributed by atoms with Gasteiger partial charge >= 0.3 is 5.97 Å². The Bertz CT molecular complexity index is 505. The number of aliphatic carboxylic acids is 1. The molecule has 0 aromatic heterocycles. The van der Waals surface area contributed by atoms with Gasteiger partial charge in [-0.2, -0.15) is 0 Å². The van der Waals surface area contributed by atoms with Gasteiger partial charge in [0.15, 0.2) is 0 Å². The van der Waals surface area contributed by atoms with Crippen molar-refractivity contribution in [3.8, 4) is 0 Å². The standard InChI is InChI=1S/C15H21FN2O3/c1-11(15(20)21)10-18(9-8-17(2)3)14(19)12-6-4-5-7-13(12)16/h4-7,11H,8-10H2,1-3H3,(H,20,21). The zero-order valence-electron chi connectivity index (χ0n) is 12.5. The van der Waals surface area contributed by atoms with Crippen LogP contribution in [-0.2, 0) is 4.79 Å². The van der Waals surface area contributed by atoms with E-state index < -0.39 is 23.6 Å². The zero-order chi connectivity index (χ0) is 16.0. The van der Waals surface area contributed by atoms with Crippen molar-refractivity contribution in [1.29, 1.82) is 0 Å². The van der Waals surface area contributed by atoms with Crippen LogP contribution in [-0.4, -0.2) is 60.5 Å². The van der Waals surface area contributed by atoms with Crippen molar-refractivity contribution >= 4 is 11.9 Å². The fourth-order valence-corrected chi connectivity index (χ4v) is 1.81. The van der Waals surface area contributed by atoms with Gasteiger partial charge in [-0.25, -0.2) is 4.39 Å². The molecule has 0 bridgehead atoms. The smallest absolute Gasteiger partial charge is 0.308 e. The molecule has 1 unspecified atom stereocenters. The van der Waals surface area contributed by atoms with E-state index in [2.05, 4.69) is 0 Å². The quantitative estimate of drug-likeness (QED) is 0.829. The van der Waals surface area contributed by atoms with Crippen LogP contribution in [0.5, 0.6) is 0 Å². The van der Waals surface area contributed by atoms with E-state index in [-0.39, 0.29) is 12.1 Å². The maximum Gasteiger partial charge on any atom is 0.308 e. The second-order valence-electron chi connectivity index (χ2n) is 5.27. The molecule has 1 rings (SSSR count). The first-order valence-corrected chi connectivity index (χ1v) is 6.74. The number of likely N-dealkylation sites (N-methyl/N-ethyl adjacent to an activating group) is 1. The molecule has 6 heteroatoms. The van der Waals surface area contributed by atoms with E-state index in [9.17, 15) is 14.0 Å². The molecule has 0 radical (unpaired) electrons. The summed E-state index contributed by atoms with van der Waals surface area (Å²) < 4.78 is 13.7. The molecule has 0 saturated heterocycles. The number of benzene rings is 1. The van der Waals surface area contributed by atoms with Gasteiger partial charge < -0.3 is 14.9 Å².